The first kappa shape index (κ1) is 8.27. The van der Waals surface area contributed by atoms with Crippen molar-refractivity contribution >= 4 is 23.5 Å². The number of hydrogen-bond donors (Lipinski definition) is 1. The van der Waals surface area contributed by atoms with Gasteiger partial charge in [-0.15, -0.1) is 11.8 Å². The molecule has 1 nitrogen and oxygen atoms in total. The van der Waals surface area contributed by atoms with E-state index in [1.165, 1.54) is 43.2 Å². The lowest BCUT2D eigenvalue weighted by Crippen LogP contribution is -2.41. The van der Waals surface area contributed by atoms with Crippen LogP contribution in [0.1, 0.15) is 19.3 Å². The van der Waals surface area contributed by atoms with Crippen molar-refractivity contribution in [3.05, 3.63) is 0 Å². The molecular formula is C8H15NS2. The molecule has 0 aromatic rings. The van der Waals surface area contributed by atoms with Crippen molar-refractivity contribution in [1.29, 1.82) is 0 Å². The van der Waals surface area contributed by atoms with Gasteiger partial charge in [0.05, 0.1) is 0 Å². The normalized spacial score (nSPS) is 30.5. The van der Waals surface area contributed by atoms with Crippen LogP contribution >= 0.6 is 23.5 Å². The van der Waals surface area contributed by atoms with E-state index in [9.17, 15) is 0 Å². The van der Waals surface area contributed by atoms with E-state index in [1.54, 1.807) is 0 Å². The van der Waals surface area contributed by atoms with Gasteiger partial charge in [0, 0.05) is 9.83 Å². The summed E-state index contributed by atoms with van der Waals surface area (Å²) in [5.41, 5.74) is 0. The second kappa shape index (κ2) is 3.58. The van der Waals surface area contributed by atoms with E-state index in [1.807, 2.05) is 0 Å². The summed E-state index contributed by atoms with van der Waals surface area (Å²) in [6.07, 6.45) is 4.25. The highest BCUT2D eigenvalue weighted by atomic mass is 32.2. The van der Waals surface area contributed by atoms with Gasteiger partial charge < -0.3 is 5.32 Å². The van der Waals surface area contributed by atoms with E-state index in [-0.39, 0.29) is 0 Å². The lowest BCUT2D eigenvalue weighted by molar-refractivity contribution is 0.405. The van der Waals surface area contributed by atoms with Crippen molar-refractivity contribution in [2.24, 2.45) is 0 Å². The monoisotopic (exact) mass is 189 g/mol. The van der Waals surface area contributed by atoms with Crippen LogP contribution in [0.4, 0.5) is 0 Å². The molecule has 2 saturated heterocycles. The van der Waals surface area contributed by atoms with Crippen molar-refractivity contribution in [2.45, 2.75) is 24.0 Å². The van der Waals surface area contributed by atoms with Gasteiger partial charge in [-0.3, -0.25) is 0 Å². The molecule has 0 bridgehead atoms. The lowest BCUT2D eigenvalue weighted by atomic mass is 9.94. The van der Waals surface area contributed by atoms with Crippen molar-refractivity contribution in [3.8, 4) is 0 Å². The quantitative estimate of drug-likeness (QED) is 0.625. The molecule has 0 unspecified atom stereocenters. The summed E-state index contributed by atoms with van der Waals surface area (Å²) < 4.78 is 0.691. The van der Waals surface area contributed by atoms with Crippen LogP contribution in [0.2, 0.25) is 0 Å². The standard InChI is InChI=1S/C8H15NS2/c1-4-9-5-2-8(1)3-6-10-7-11-8/h9H,1-7H2. The molecule has 64 valence electrons. The Labute approximate surface area is 77.1 Å². The van der Waals surface area contributed by atoms with Gasteiger partial charge >= 0.3 is 0 Å². The zero-order valence-corrected chi connectivity index (χ0v) is 8.40. The van der Waals surface area contributed by atoms with Gasteiger partial charge in [0.2, 0.25) is 0 Å². The van der Waals surface area contributed by atoms with Gasteiger partial charge in [0.1, 0.15) is 0 Å². The van der Waals surface area contributed by atoms with E-state index in [2.05, 4.69) is 28.8 Å². The number of piperidine rings is 1. The Balaban J connectivity index is 1.94. The Kier molecular flexibility index (Phi) is 2.69. The maximum absolute atomic E-state index is 3.44. The number of hydrogen-bond acceptors (Lipinski definition) is 3. The van der Waals surface area contributed by atoms with E-state index in [0.29, 0.717) is 4.75 Å². The summed E-state index contributed by atoms with van der Waals surface area (Å²) in [5.74, 6) is 1.40. The second-order valence-corrected chi connectivity index (χ2v) is 6.27. The van der Waals surface area contributed by atoms with Crippen molar-refractivity contribution in [1.82, 2.24) is 5.32 Å². The zero-order chi connectivity index (χ0) is 7.57. The van der Waals surface area contributed by atoms with Crippen LogP contribution in [-0.4, -0.2) is 28.7 Å². The summed E-state index contributed by atoms with van der Waals surface area (Å²) in [6.45, 7) is 2.50. The predicted molar refractivity (Wildman–Crippen MR) is 54.4 cm³/mol. The first-order valence-corrected chi connectivity index (χ1v) is 6.48. The minimum Gasteiger partial charge on any atom is -0.317 e. The molecular weight excluding hydrogens is 174 g/mol. The summed E-state index contributed by atoms with van der Waals surface area (Å²) in [4.78, 5) is 0. The molecule has 2 fully saturated rings. The topological polar surface area (TPSA) is 12.0 Å². The third kappa shape index (κ3) is 1.87. The fourth-order valence-electron chi connectivity index (χ4n) is 1.83. The Morgan fingerprint density at radius 3 is 2.55 bits per heavy atom. The van der Waals surface area contributed by atoms with Gasteiger partial charge in [0.15, 0.2) is 0 Å². The number of rotatable bonds is 0. The molecule has 1 spiro atoms. The van der Waals surface area contributed by atoms with Gasteiger partial charge in [0.25, 0.3) is 0 Å². The molecule has 0 radical (unpaired) electrons. The first-order chi connectivity index (χ1) is 5.41. The minimum atomic E-state index is 0.691. The average molecular weight is 189 g/mol. The molecule has 0 aromatic heterocycles. The molecule has 3 heteroatoms. The number of thioether (sulfide) groups is 2. The molecule has 0 amide bonds. The average Bonchev–Trinajstić information content (AvgIpc) is 2.07. The van der Waals surface area contributed by atoms with Gasteiger partial charge in [-0.05, 0) is 38.1 Å². The summed E-state index contributed by atoms with van der Waals surface area (Å²) in [7, 11) is 0. The fourth-order valence-corrected chi connectivity index (χ4v) is 5.04. The second-order valence-electron chi connectivity index (χ2n) is 3.35. The van der Waals surface area contributed by atoms with E-state index >= 15 is 0 Å². The highest BCUT2D eigenvalue weighted by Crippen LogP contribution is 2.43. The predicted octanol–water partition coefficient (Wildman–Crippen LogP) is 1.94. The molecule has 2 aliphatic rings. The number of nitrogens with one attached hydrogen (secondary N) is 1. The third-order valence-electron chi connectivity index (χ3n) is 2.67. The maximum Gasteiger partial charge on any atom is 0.0397 e. The third-order valence-corrected chi connectivity index (χ3v) is 5.52. The highest BCUT2D eigenvalue weighted by Gasteiger charge is 2.33. The van der Waals surface area contributed by atoms with Crippen molar-refractivity contribution in [2.75, 3.05) is 23.9 Å². The van der Waals surface area contributed by atoms with Crippen molar-refractivity contribution < 1.29 is 0 Å². The Bertz CT molecular complexity index is 107. The SMILES string of the molecule is C1CC2(CCN1)CCSCS2. The van der Waals surface area contributed by atoms with E-state index in [4.69, 9.17) is 0 Å². The molecule has 0 aromatic carbocycles. The Hall–Kier alpha value is 0.660. The molecule has 11 heavy (non-hydrogen) atoms. The first-order valence-electron chi connectivity index (χ1n) is 4.34. The van der Waals surface area contributed by atoms with Gasteiger partial charge in [-0.2, -0.15) is 11.8 Å². The zero-order valence-electron chi connectivity index (χ0n) is 6.77. The van der Waals surface area contributed by atoms with E-state index in [0.717, 1.165) is 0 Å². The van der Waals surface area contributed by atoms with Crippen LogP contribution in [0.25, 0.3) is 0 Å². The molecule has 0 aliphatic carbocycles. The van der Waals surface area contributed by atoms with Crippen molar-refractivity contribution in [3.63, 3.8) is 0 Å². The molecule has 2 aliphatic heterocycles. The van der Waals surface area contributed by atoms with Crippen LogP contribution in [0, 0.1) is 0 Å². The molecule has 0 saturated carbocycles. The largest absolute Gasteiger partial charge is 0.317 e. The Morgan fingerprint density at radius 2 is 1.91 bits per heavy atom. The molecule has 2 rings (SSSR count). The molecule has 2 heterocycles. The van der Waals surface area contributed by atoms with Gasteiger partial charge in [-0.25, -0.2) is 0 Å². The minimum absolute atomic E-state index is 0.691. The fraction of sp³-hybridized carbons (Fsp3) is 1.00. The smallest absolute Gasteiger partial charge is 0.0397 e. The summed E-state index contributed by atoms with van der Waals surface area (Å²) in [5, 5.41) is 4.77. The lowest BCUT2D eigenvalue weighted by Gasteiger charge is -2.39. The van der Waals surface area contributed by atoms with Crippen LogP contribution in [0.3, 0.4) is 0 Å². The summed E-state index contributed by atoms with van der Waals surface area (Å²) >= 11 is 4.31. The molecule has 0 atom stereocenters. The van der Waals surface area contributed by atoms with Crippen LogP contribution in [-0.2, 0) is 0 Å². The highest BCUT2D eigenvalue weighted by molar-refractivity contribution is 8.17. The summed E-state index contributed by atoms with van der Waals surface area (Å²) in [6, 6.07) is 0. The van der Waals surface area contributed by atoms with Crippen LogP contribution in [0.15, 0.2) is 0 Å². The Morgan fingerprint density at radius 1 is 1.09 bits per heavy atom. The van der Waals surface area contributed by atoms with E-state index < -0.39 is 0 Å². The maximum atomic E-state index is 3.44. The molecule has 1 N–H and O–H groups in total. The van der Waals surface area contributed by atoms with Crippen LogP contribution < -0.4 is 5.32 Å². The van der Waals surface area contributed by atoms with Gasteiger partial charge in [-0.1, -0.05) is 0 Å². The van der Waals surface area contributed by atoms with Crippen LogP contribution in [0.5, 0.6) is 0 Å².